The quantitative estimate of drug-likeness (QED) is 0.0572. The minimum Gasteiger partial charge on any atom is -0.492 e. The van der Waals surface area contributed by atoms with Crippen molar-refractivity contribution in [2.24, 2.45) is 0 Å². The van der Waals surface area contributed by atoms with Crippen LogP contribution in [0.1, 0.15) is 91.0 Å². The van der Waals surface area contributed by atoms with Gasteiger partial charge in [0.05, 0.1) is 56.1 Å². The average molecular weight is 845 g/mol. The maximum absolute atomic E-state index is 16.1. The van der Waals surface area contributed by atoms with E-state index in [1.165, 1.54) is 13.3 Å². The summed E-state index contributed by atoms with van der Waals surface area (Å²) in [6, 6.07) is 13.4. The summed E-state index contributed by atoms with van der Waals surface area (Å²) in [4.78, 5) is 69.1. The molecule has 0 N–H and O–H groups in total. The van der Waals surface area contributed by atoms with Crippen LogP contribution in [0, 0.1) is 5.82 Å². The van der Waals surface area contributed by atoms with Crippen molar-refractivity contribution in [2.75, 3.05) is 71.3 Å². The van der Waals surface area contributed by atoms with Crippen molar-refractivity contribution in [3.8, 4) is 5.75 Å². The Kier molecular flexibility index (Phi) is 13.1. The predicted octanol–water partition coefficient (Wildman–Crippen LogP) is 5.88. The molecule has 326 valence electrons. The molecular weight excluding hydrogens is 792 g/mol. The number of ketones is 1. The molecule has 2 aliphatic heterocycles. The number of amides is 1. The Balaban J connectivity index is 0.872. The van der Waals surface area contributed by atoms with Crippen molar-refractivity contribution in [1.82, 2.24) is 14.0 Å². The fourth-order valence-electron chi connectivity index (χ4n) is 7.98. The second-order valence-electron chi connectivity index (χ2n) is 16.5. The van der Waals surface area contributed by atoms with Gasteiger partial charge in [0.1, 0.15) is 30.1 Å². The van der Waals surface area contributed by atoms with E-state index in [9.17, 15) is 24.0 Å². The van der Waals surface area contributed by atoms with E-state index in [0.717, 1.165) is 24.6 Å². The van der Waals surface area contributed by atoms with Gasteiger partial charge in [0.25, 0.3) is 0 Å². The third-order valence-electron chi connectivity index (χ3n) is 11.0. The monoisotopic (exact) mass is 844 g/mol. The number of esters is 2. The molecule has 1 aliphatic carbocycles. The van der Waals surface area contributed by atoms with Crippen LogP contribution in [0.4, 0.5) is 14.9 Å². The number of nitrogens with zero attached hydrogens (tertiary/aromatic N) is 4. The molecule has 15 nitrogen and oxygen atoms in total. The van der Waals surface area contributed by atoms with E-state index in [4.69, 9.17) is 28.4 Å². The number of ether oxygens (including phenoxy) is 6. The summed E-state index contributed by atoms with van der Waals surface area (Å²) in [5.41, 5.74) is 0.920. The van der Waals surface area contributed by atoms with E-state index in [1.54, 1.807) is 48.4 Å². The smallest absolute Gasteiger partial charge is 0.410 e. The molecule has 16 heteroatoms. The number of rotatable bonds is 16. The van der Waals surface area contributed by atoms with Gasteiger partial charge in [0, 0.05) is 55.7 Å². The van der Waals surface area contributed by atoms with E-state index in [-0.39, 0.29) is 85.9 Å². The van der Waals surface area contributed by atoms with E-state index >= 15 is 4.39 Å². The summed E-state index contributed by atoms with van der Waals surface area (Å²) in [6.07, 6.45) is 3.19. The van der Waals surface area contributed by atoms with Crippen LogP contribution in [0.5, 0.6) is 5.75 Å². The molecule has 0 radical (unpaired) electrons. The van der Waals surface area contributed by atoms with Crippen LogP contribution < -0.4 is 15.1 Å². The second-order valence-corrected chi connectivity index (χ2v) is 16.5. The number of carbonyl (C=O) groups excluding carboxylic acids is 4. The first-order valence-electron chi connectivity index (χ1n) is 20.8. The van der Waals surface area contributed by atoms with Crippen LogP contribution in [0.3, 0.4) is 0 Å². The first-order chi connectivity index (χ1) is 29.3. The van der Waals surface area contributed by atoms with E-state index < -0.39 is 34.8 Å². The molecule has 0 spiro atoms. The fraction of sp³-hybridized carbons (Fsp3) is 0.489. The predicted molar refractivity (Wildman–Crippen MR) is 222 cm³/mol. The van der Waals surface area contributed by atoms with Crippen LogP contribution in [0.25, 0.3) is 10.9 Å². The van der Waals surface area contributed by atoms with E-state index in [2.05, 4.69) is 0 Å². The lowest BCUT2D eigenvalue weighted by Gasteiger charge is -2.41. The zero-order valence-electron chi connectivity index (χ0n) is 35.3. The van der Waals surface area contributed by atoms with Gasteiger partial charge in [-0.05, 0) is 65.2 Å². The first kappa shape index (κ1) is 43.4. The molecule has 2 atom stereocenters. The Morgan fingerprint density at radius 2 is 1.54 bits per heavy atom. The molecular formula is C45H53FN4O11. The molecule has 2 aromatic heterocycles. The van der Waals surface area contributed by atoms with Crippen molar-refractivity contribution in [1.29, 1.82) is 0 Å². The topological polar surface area (TPSA) is 157 Å². The number of hydrogen-bond acceptors (Lipinski definition) is 12. The van der Waals surface area contributed by atoms with Gasteiger partial charge in [-0.25, -0.2) is 14.0 Å². The highest BCUT2D eigenvalue weighted by atomic mass is 19.1. The molecule has 1 amide bonds. The number of benzene rings is 2. The van der Waals surface area contributed by atoms with Gasteiger partial charge in [0.15, 0.2) is 11.6 Å². The molecule has 4 aromatic rings. The average Bonchev–Trinajstić information content (AvgIpc) is 3.86. The molecule has 4 heterocycles. The number of pyridine rings is 1. The Morgan fingerprint density at radius 3 is 2.20 bits per heavy atom. The normalized spacial score (nSPS) is 17.6. The zero-order chi connectivity index (χ0) is 43.4. The zero-order valence-corrected chi connectivity index (χ0v) is 35.3. The number of anilines is 1. The molecule has 3 aliphatic rings. The van der Waals surface area contributed by atoms with Gasteiger partial charge < -0.3 is 47.4 Å². The number of halogens is 1. The Bertz CT molecular complexity index is 2330. The molecule has 7 rings (SSSR count). The number of carbonyl (C=O) groups is 4. The van der Waals surface area contributed by atoms with E-state index in [1.807, 2.05) is 40.7 Å². The van der Waals surface area contributed by atoms with Crippen molar-refractivity contribution in [3.05, 3.63) is 93.3 Å². The van der Waals surface area contributed by atoms with E-state index in [0.29, 0.717) is 49.4 Å². The van der Waals surface area contributed by atoms with Gasteiger partial charge >= 0.3 is 18.0 Å². The molecule has 2 unspecified atom stereocenters. The number of methoxy groups -OCH3 is 1. The van der Waals surface area contributed by atoms with Gasteiger partial charge in [0.2, 0.25) is 11.2 Å². The van der Waals surface area contributed by atoms with Gasteiger partial charge in [-0.2, -0.15) is 0 Å². The van der Waals surface area contributed by atoms with Crippen LogP contribution in [-0.4, -0.2) is 116 Å². The lowest BCUT2D eigenvalue weighted by Crippen LogP contribution is -2.55. The van der Waals surface area contributed by atoms with Gasteiger partial charge in [-0.15, -0.1) is 0 Å². The lowest BCUT2D eigenvalue weighted by atomic mass is 10.1. The number of fused-ring (bicyclic) bond motifs is 2. The van der Waals surface area contributed by atoms with Crippen LogP contribution in [0.15, 0.2) is 59.5 Å². The maximum atomic E-state index is 16.1. The third kappa shape index (κ3) is 9.60. The summed E-state index contributed by atoms with van der Waals surface area (Å²) >= 11 is 0. The number of hydrogen-bond donors (Lipinski definition) is 0. The standard InChI is InChI=1S/C45H53FN4O11/c1-28-26-47(17-18-48(28)44(55)61-45(2,3)4)38-34(46)25-32-37(41(38)56-5)50(30-11-12-30)27-33(40(32)52)43(54)60-24-22-58-20-19-57-21-23-59-42(53)31-15-16-49-35(31)13-14-36(49)39(51)29-9-7-6-8-10-29/h6-10,13-14,25,27-28,30-31H,11-12,15-24,26H2,1-5H3. The highest BCUT2D eigenvalue weighted by Gasteiger charge is 2.36. The Morgan fingerprint density at radius 1 is 0.852 bits per heavy atom. The summed E-state index contributed by atoms with van der Waals surface area (Å²) in [6.45, 7) is 9.22. The summed E-state index contributed by atoms with van der Waals surface area (Å²) < 4.78 is 53.1. The molecule has 1 saturated heterocycles. The van der Waals surface area contributed by atoms with Crippen molar-refractivity contribution >= 4 is 40.4 Å². The SMILES string of the molecule is COc1c(N2CCN(C(=O)OC(C)(C)C)C(C)C2)c(F)cc2c(=O)c(C(=O)OCCOCCOCCOC(=O)C3CCn4c(C(=O)c5ccccc5)ccc43)cn(C3CC3)c12. The minimum atomic E-state index is -0.855. The molecule has 2 fully saturated rings. The number of aromatic nitrogens is 2. The van der Waals surface area contributed by atoms with Crippen molar-refractivity contribution < 1.29 is 52.0 Å². The van der Waals surface area contributed by atoms with Gasteiger partial charge in [-0.1, -0.05) is 30.3 Å². The summed E-state index contributed by atoms with van der Waals surface area (Å²) in [7, 11) is 1.42. The summed E-state index contributed by atoms with van der Waals surface area (Å²) in [5, 5.41) is 0.00118. The molecule has 0 bridgehead atoms. The van der Waals surface area contributed by atoms with Crippen LogP contribution in [0.2, 0.25) is 0 Å². The fourth-order valence-corrected chi connectivity index (χ4v) is 7.98. The van der Waals surface area contributed by atoms with Gasteiger partial charge in [-0.3, -0.25) is 14.4 Å². The maximum Gasteiger partial charge on any atom is 0.410 e. The molecule has 61 heavy (non-hydrogen) atoms. The summed E-state index contributed by atoms with van der Waals surface area (Å²) in [5.74, 6) is -2.27. The van der Waals surface area contributed by atoms with Crippen molar-refractivity contribution in [2.45, 2.75) is 77.1 Å². The second kappa shape index (κ2) is 18.5. The third-order valence-corrected chi connectivity index (χ3v) is 11.0. The Labute approximate surface area is 353 Å². The Hall–Kier alpha value is -5.74. The highest BCUT2D eigenvalue weighted by Crippen LogP contribution is 2.44. The van der Waals surface area contributed by atoms with Crippen LogP contribution in [-0.2, 0) is 35.0 Å². The first-order valence-corrected chi connectivity index (χ1v) is 20.8. The molecule has 1 saturated carbocycles. The van der Waals surface area contributed by atoms with Crippen molar-refractivity contribution in [3.63, 3.8) is 0 Å². The lowest BCUT2D eigenvalue weighted by molar-refractivity contribution is -0.147. The number of piperazine rings is 1. The molecule has 2 aromatic carbocycles. The largest absolute Gasteiger partial charge is 0.492 e. The highest BCUT2D eigenvalue weighted by molar-refractivity contribution is 6.08. The van der Waals surface area contributed by atoms with Crippen LogP contribution >= 0.6 is 0 Å². The minimum absolute atomic E-state index is 0.00118.